The fraction of sp³-hybridized carbons (Fsp3) is 0. The van der Waals surface area contributed by atoms with E-state index in [0.717, 1.165) is 0 Å². The summed E-state index contributed by atoms with van der Waals surface area (Å²) in [7, 11) is -4.28. The first-order valence-corrected chi connectivity index (χ1v) is 5.82. The van der Waals surface area contributed by atoms with Crippen molar-refractivity contribution < 1.29 is 25.4 Å². The number of rotatable bonds is 1. The normalized spacial score (nSPS) is 10.6. The molecule has 2 rings (SSSR count). The minimum atomic E-state index is -4.28. The third-order valence-corrected chi connectivity index (χ3v) is 3.16. The van der Waals surface area contributed by atoms with Crippen LogP contribution in [0.5, 0.6) is 0 Å². The maximum Gasteiger partial charge on any atom is 0.392 e. The molecule has 0 bridgehead atoms. The molecule has 88 valence electrons. The van der Waals surface area contributed by atoms with Crippen LogP contribution in [0.3, 0.4) is 0 Å². The molecule has 0 saturated heterocycles. The number of benzene rings is 2. The number of hydrogen-bond donors (Lipinski definition) is 1. The fourth-order valence-corrected chi connectivity index (χ4v) is 2.26. The second kappa shape index (κ2) is 4.67. The van der Waals surface area contributed by atoms with Crippen molar-refractivity contribution in [3.05, 3.63) is 41.4 Å². The van der Waals surface area contributed by atoms with E-state index in [1.807, 2.05) is 0 Å². The summed E-state index contributed by atoms with van der Waals surface area (Å²) in [5.74, 6) is 0. The predicted molar refractivity (Wildman–Crippen MR) is 58.5 cm³/mol. The van der Waals surface area contributed by atoms with Crippen LogP contribution in [0.2, 0.25) is 0 Å². The average molecular weight is 271 g/mol. The summed E-state index contributed by atoms with van der Waals surface area (Å²) in [5, 5.41) is 9.52. The van der Waals surface area contributed by atoms with Crippen molar-refractivity contribution in [2.45, 2.75) is 4.90 Å². The van der Waals surface area contributed by atoms with E-state index in [2.05, 4.69) is 4.98 Å². The van der Waals surface area contributed by atoms with Gasteiger partial charge in [-0.1, -0.05) is 18.2 Å². The van der Waals surface area contributed by atoms with Crippen LogP contribution in [0.25, 0.3) is 15.7 Å². The Balaban J connectivity index is 0.00000144. The van der Waals surface area contributed by atoms with Gasteiger partial charge >= 0.3 is 5.69 Å². The Bertz CT molecular complexity index is 707. The largest absolute Gasteiger partial charge is 1.00 e. The summed E-state index contributed by atoms with van der Waals surface area (Å²) in [6.45, 7) is 0. The molecule has 1 N–H and O–H groups in total. The summed E-state index contributed by atoms with van der Waals surface area (Å²) < 4.78 is 31.2. The van der Waals surface area contributed by atoms with E-state index < -0.39 is 10.1 Å². The molecular formula is C10H7ClN2O3S. The molecule has 5 nitrogen and oxygen atoms in total. The lowest BCUT2D eigenvalue weighted by Crippen LogP contribution is -3.00. The second-order valence-corrected chi connectivity index (χ2v) is 4.59. The summed E-state index contributed by atoms with van der Waals surface area (Å²) in [5.41, 5.74) is 0.253. The molecule has 7 heteroatoms. The molecule has 17 heavy (non-hydrogen) atoms. The zero-order valence-corrected chi connectivity index (χ0v) is 9.98. The van der Waals surface area contributed by atoms with Crippen molar-refractivity contribution in [1.82, 2.24) is 0 Å². The quantitative estimate of drug-likeness (QED) is 0.563. The Morgan fingerprint density at radius 1 is 1.06 bits per heavy atom. The Morgan fingerprint density at radius 2 is 1.65 bits per heavy atom. The van der Waals surface area contributed by atoms with Crippen LogP contribution in [0.4, 0.5) is 5.69 Å². The molecule has 0 fully saturated rings. The van der Waals surface area contributed by atoms with Gasteiger partial charge in [-0.05, 0) is 12.1 Å². The summed E-state index contributed by atoms with van der Waals surface area (Å²) in [6, 6.07) is 8.99. The van der Waals surface area contributed by atoms with E-state index in [-0.39, 0.29) is 23.0 Å². The molecule has 0 radical (unpaired) electrons. The maximum absolute atomic E-state index is 11.1. The maximum atomic E-state index is 11.1. The molecule has 0 heterocycles. The predicted octanol–water partition coefficient (Wildman–Crippen LogP) is -0.425. The van der Waals surface area contributed by atoms with Gasteiger partial charge in [0.1, 0.15) is 4.90 Å². The summed E-state index contributed by atoms with van der Waals surface area (Å²) in [6.07, 6.45) is 0. The molecule has 0 aliphatic rings. The third kappa shape index (κ3) is 2.36. The zero-order chi connectivity index (χ0) is 11.8. The van der Waals surface area contributed by atoms with E-state index in [0.29, 0.717) is 10.8 Å². The smallest absolute Gasteiger partial charge is 0.392 e. The lowest BCUT2D eigenvalue weighted by atomic mass is 10.1. The highest BCUT2D eigenvalue weighted by molar-refractivity contribution is 7.86. The van der Waals surface area contributed by atoms with Crippen molar-refractivity contribution in [3.63, 3.8) is 0 Å². The molecule has 0 amide bonds. The second-order valence-electron chi connectivity index (χ2n) is 3.20. The van der Waals surface area contributed by atoms with Crippen LogP contribution in [0.1, 0.15) is 0 Å². The molecule has 0 saturated carbocycles. The highest BCUT2D eigenvalue weighted by Gasteiger charge is 2.19. The van der Waals surface area contributed by atoms with E-state index >= 15 is 0 Å². The molecule has 0 aliphatic heterocycles. The molecule has 0 spiro atoms. The van der Waals surface area contributed by atoms with Crippen LogP contribution < -0.4 is 12.4 Å². The number of halogens is 1. The first-order valence-electron chi connectivity index (χ1n) is 4.38. The van der Waals surface area contributed by atoms with Gasteiger partial charge in [0, 0.05) is 11.5 Å². The number of hydrogen-bond acceptors (Lipinski definition) is 3. The molecule has 0 unspecified atom stereocenters. The van der Waals surface area contributed by atoms with Gasteiger partial charge < -0.3 is 12.4 Å². The van der Waals surface area contributed by atoms with E-state index in [1.165, 1.54) is 18.2 Å². The number of diazo groups is 1. The van der Waals surface area contributed by atoms with Crippen LogP contribution in [0.15, 0.2) is 41.3 Å². The van der Waals surface area contributed by atoms with Crippen molar-refractivity contribution >= 4 is 26.6 Å². The number of fused-ring (bicyclic) bond motifs is 1. The van der Waals surface area contributed by atoms with Crippen LogP contribution in [0, 0.1) is 5.39 Å². The Kier molecular flexibility index (Phi) is 3.68. The van der Waals surface area contributed by atoms with E-state index in [4.69, 9.17) is 9.95 Å². The molecular weight excluding hydrogens is 264 g/mol. The van der Waals surface area contributed by atoms with Gasteiger partial charge in [0.15, 0.2) is 4.98 Å². The Morgan fingerprint density at radius 3 is 2.18 bits per heavy atom. The molecule has 0 aliphatic carbocycles. The minimum Gasteiger partial charge on any atom is -1.00 e. The molecule has 0 aromatic heterocycles. The fourth-order valence-electron chi connectivity index (χ4n) is 1.57. The van der Waals surface area contributed by atoms with Gasteiger partial charge in [-0.25, -0.2) is 0 Å². The number of nitrogens with zero attached hydrogens (tertiary/aromatic N) is 2. The highest BCUT2D eigenvalue weighted by atomic mass is 35.5. The average Bonchev–Trinajstić information content (AvgIpc) is 2.26. The molecule has 0 atom stereocenters. The summed E-state index contributed by atoms with van der Waals surface area (Å²) >= 11 is 0. The van der Waals surface area contributed by atoms with Crippen LogP contribution in [-0.2, 0) is 10.1 Å². The van der Waals surface area contributed by atoms with Crippen molar-refractivity contribution in [1.29, 1.82) is 5.39 Å². The van der Waals surface area contributed by atoms with Gasteiger partial charge in [-0.2, -0.15) is 8.42 Å². The first kappa shape index (κ1) is 13.4. The standard InChI is InChI=1S/C10H6N2O3S.ClH/c11-12-9-5-6-10(16(13,14)15)8-4-2-1-3-7(8)9;/h1-6H;1H. The van der Waals surface area contributed by atoms with Gasteiger partial charge in [-0.3, -0.25) is 4.55 Å². The SMILES string of the molecule is N#[N+]c1ccc(S(=O)(=O)O)c2ccccc12.[Cl-]. The van der Waals surface area contributed by atoms with Crippen LogP contribution >= 0.6 is 0 Å². The lowest BCUT2D eigenvalue weighted by Gasteiger charge is -2.00. The Labute approximate surface area is 104 Å². The van der Waals surface area contributed by atoms with Gasteiger partial charge in [0.05, 0.1) is 5.39 Å². The van der Waals surface area contributed by atoms with Gasteiger partial charge in [0.2, 0.25) is 5.39 Å². The van der Waals surface area contributed by atoms with E-state index in [9.17, 15) is 8.42 Å². The monoisotopic (exact) mass is 270 g/mol. The van der Waals surface area contributed by atoms with Crippen LogP contribution in [-0.4, -0.2) is 13.0 Å². The minimum absolute atomic E-state index is 0. The van der Waals surface area contributed by atoms with Crippen molar-refractivity contribution in [2.24, 2.45) is 0 Å². The van der Waals surface area contributed by atoms with Crippen molar-refractivity contribution in [3.8, 4) is 0 Å². The van der Waals surface area contributed by atoms with E-state index in [1.54, 1.807) is 18.2 Å². The molecule has 2 aromatic rings. The lowest BCUT2D eigenvalue weighted by molar-refractivity contribution is -0.00000755. The third-order valence-electron chi connectivity index (χ3n) is 2.25. The zero-order valence-electron chi connectivity index (χ0n) is 8.41. The van der Waals surface area contributed by atoms with Gasteiger partial charge in [0.25, 0.3) is 10.1 Å². The van der Waals surface area contributed by atoms with Crippen molar-refractivity contribution in [2.75, 3.05) is 0 Å². The molecule has 2 aromatic carbocycles. The topological polar surface area (TPSA) is 82.5 Å². The summed E-state index contributed by atoms with van der Waals surface area (Å²) in [4.78, 5) is 2.85. The Hall–Kier alpha value is -1.68. The van der Waals surface area contributed by atoms with Gasteiger partial charge in [-0.15, -0.1) is 0 Å². The highest BCUT2D eigenvalue weighted by Crippen LogP contribution is 2.30. The first-order chi connectivity index (χ1) is 7.54.